The van der Waals surface area contributed by atoms with E-state index in [0.29, 0.717) is 36.0 Å². The molecular weight excluding hydrogens is 406 g/mol. The predicted molar refractivity (Wildman–Crippen MR) is 118 cm³/mol. The molecule has 2 bridgehead atoms. The Hall–Kier alpha value is -2.26. The van der Waals surface area contributed by atoms with Crippen LogP contribution >= 0.6 is 11.6 Å². The first-order valence-corrected chi connectivity index (χ1v) is 11.0. The number of anilines is 1. The molecule has 9 nitrogen and oxygen atoms in total. The van der Waals surface area contributed by atoms with E-state index in [2.05, 4.69) is 27.6 Å². The molecule has 3 aliphatic rings. The lowest BCUT2D eigenvalue weighted by Crippen LogP contribution is -2.40. The largest absolute Gasteiger partial charge is 0.478 e. The van der Waals surface area contributed by atoms with Crippen LogP contribution in [0.2, 0.25) is 5.15 Å². The monoisotopic (exact) mass is 435 g/mol. The van der Waals surface area contributed by atoms with Crippen molar-refractivity contribution in [2.24, 2.45) is 15.7 Å². The minimum atomic E-state index is -0.416. The number of aromatic nitrogens is 2. The second kappa shape index (κ2) is 9.26. The Kier molecular flexibility index (Phi) is 6.48. The molecule has 1 aliphatic carbocycles. The third-order valence-electron chi connectivity index (χ3n) is 5.81. The van der Waals surface area contributed by atoms with Crippen LogP contribution in [-0.2, 0) is 16.0 Å². The first-order valence-electron chi connectivity index (χ1n) is 10.6. The van der Waals surface area contributed by atoms with Crippen LogP contribution in [0, 0.1) is 0 Å². The number of rotatable bonds is 4. The molecule has 10 heteroatoms. The topological polar surface area (TPSA) is 111 Å². The molecule has 0 saturated heterocycles. The summed E-state index contributed by atoms with van der Waals surface area (Å²) in [5.74, 6) is 1.20. The van der Waals surface area contributed by atoms with Crippen molar-refractivity contribution in [3.63, 3.8) is 0 Å². The zero-order chi connectivity index (χ0) is 21.1. The summed E-state index contributed by atoms with van der Waals surface area (Å²) in [4.78, 5) is 9.58. The quantitative estimate of drug-likeness (QED) is 0.627. The minimum absolute atomic E-state index is 0.265. The molecule has 0 amide bonds. The summed E-state index contributed by atoms with van der Waals surface area (Å²) in [6.45, 7) is 3.23. The van der Waals surface area contributed by atoms with Gasteiger partial charge in [0.2, 0.25) is 5.88 Å². The van der Waals surface area contributed by atoms with Crippen molar-refractivity contribution in [2.75, 3.05) is 19.0 Å². The van der Waals surface area contributed by atoms with E-state index in [0.717, 1.165) is 55.6 Å². The number of ether oxygens (including phenoxy) is 2. The highest BCUT2D eigenvalue weighted by Crippen LogP contribution is 2.27. The van der Waals surface area contributed by atoms with Crippen LogP contribution < -0.4 is 16.4 Å². The van der Waals surface area contributed by atoms with Gasteiger partial charge in [-0.05, 0) is 32.1 Å². The van der Waals surface area contributed by atoms with Gasteiger partial charge in [0.25, 0.3) is 0 Å². The standard InChI is InChI=1S/C20H30ClN7O2/c1-3-15(24-12-5-7-13(29-2)8-6-12)16-18(22)30-10-4-9-28-19-14(17(21)27-28)11-23-20(25-16)26-19/h11-13,20,25-26H,3-10,22H2,1-2H3/b18-16-,24-15?. The lowest BCUT2D eigenvalue weighted by Gasteiger charge is -2.27. The summed E-state index contributed by atoms with van der Waals surface area (Å²) in [6, 6.07) is 0.265. The van der Waals surface area contributed by atoms with Gasteiger partial charge in [-0.3, -0.25) is 4.99 Å². The Morgan fingerprint density at radius 2 is 2.17 bits per heavy atom. The van der Waals surface area contributed by atoms with E-state index in [4.69, 9.17) is 31.8 Å². The van der Waals surface area contributed by atoms with Gasteiger partial charge in [-0.1, -0.05) is 18.5 Å². The highest BCUT2D eigenvalue weighted by Gasteiger charge is 2.26. The number of nitrogens with one attached hydrogen (secondary N) is 2. The van der Waals surface area contributed by atoms with E-state index >= 15 is 0 Å². The molecule has 4 N–H and O–H groups in total. The second-order valence-corrected chi connectivity index (χ2v) is 8.14. The number of fused-ring (bicyclic) bond motifs is 1. The number of halogens is 1. The normalized spacial score (nSPS) is 29.4. The van der Waals surface area contributed by atoms with Crippen LogP contribution in [0.25, 0.3) is 0 Å². The van der Waals surface area contributed by atoms with Crippen molar-refractivity contribution in [3.8, 4) is 0 Å². The molecule has 1 aromatic rings. The highest BCUT2D eigenvalue weighted by atomic mass is 35.5. The summed E-state index contributed by atoms with van der Waals surface area (Å²) in [5.41, 5.74) is 8.75. The molecule has 1 fully saturated rings. The number of hydrogen-bond acceptors (Lipinski definition) is 8. The number of nitrogens with two attached hydrogens (primary N) is 1. The third-order valence-corrected chi connectivity index (χ3v) is 6.09. The van der Waals surface area contributed by atoms with Crippen LogP contribution in [0.15, 0.2) is 21.6 Å². The predicted octanol–water partition coefficient (Wildman–Crippen LogP) is 2.61. The van der Waals surface area contributed by atoms with Crippen molar-refractivity contribution in [3.05, 3.63) is 22.3 Å². The fourth-order valence-corrected chi connectivity index (χ4v) is 4.36. The fraction of sp³-hybridized carbons (Fsp3) is 0.650. The Bertz CT molecular complexity index is 856. The van der Waals surface area contributed by atoms with Gasteiger partial charge in [-0.2, -0.15) is 5.10 Å². The summed E-state index contributed by atoms with van der Waals surface area (Å²) < 4.78 is 13.2. The van der Waals surface area contributed by atoms with Crippen LogP contribution in [0.3, 0.4) is 0 Å². The van der Waals surface area contributed by atoms with Gasteiger partial charge in [-0.15, -0.1) is 0 Å². The molecule has 0 radical (unpaired) electrons. The molecule has 30 heavy (non-hydrogen) atoms. The molecule has 4 rings (SSSR count). The number of methoxy groups -OCH3 is 1. The molecule has 1 saturated carbocycles. The van der Waals surface area contributed by atoms with Crippen LogP contribution in [0.4, 0.5) is 5.82 Å². The lowest BCUT2D eigenvalue weighted by atomic mass is 9.93. The first kappa shape index (κ1) is 21.0. The molecule has 3 heterocycles. The van der Waals surface area contributed by atoms with Gasteiger partial charge >= 0.3 is 0 Å². The smallest absolute Gasteiger partial charge is 0.210 e. The highest BCUT2D eigenvalue weighted by molar-refractivity contribution is 6.32. The molecule has 164 valence electrons. The van der Waals surface area contributed by atoms with Gasteiger partial charge in [-0.25, -0.2) is 9.67 Å². The van der Waals surface area contributed by atoms with Gasteiger partial charge in [0.15, 0.2) is 11.4 Å². The average molecular weight is 436 g/mol. The van der Waals surface area contributed by atoms with E-state index in [9.17, 15) is 0 Å². The van der Waals surface area contributed by atoms with Gasteiger partial charge in [0.1, 0.15) is 11.5 Å². The number of aryl methyl sites for hydroxylation is 1. The molecular formula is C20H30ClN7O2. The summed E-state index contributed by atoms with van der Waals surface area (Å²) in [5, 5.41) is 11.6. The number of nitrogens with zero attached hydrogens (tertiary/aromatic N) is 4. The maximum atomic E-state index is 6.35. The maximum absolute atomic E-state index is 6.35. The van der Waals surface area contributed by atoms with Crippen LogP contribution in [-0.4, -0.2) is 53.9 Å². The van der Waals surface area contributed by atoms with E-state index in [1.165, 1.54) is 0 Å². The number of aliphatic imine (C=N–C) groups is 2. The second-order valence-electron chi connectivity index (χ2n) is 7.78. The summed E-state index contributed by atoms with van der Waals surface area (Å²) >= 11 is 6.26. The van der Waals surface area contributed by atoms with Crippen molar-refractivity contribution in [1.29, 1.82) is 0 Å². The van der Waals surface area contributed by atoms with E-state index in [1.807, 2.05) is 4.68 Å². The molecule has 1 unspecified atom stereocenters. The van der Waals surface area contributed by atoms with Crippen LogP contribution in [0.5, 0.6) is 0 Å². The molecule has 0 spiro atoms. The van der Waals surface area contributed by atoms with Gasteiger partial charge in [0.05, 0.1) is 30.0 Å². The molecule has 1 aromatic heterocycles. The zero-order valence-electron chi connectivity index (χ0n) is 17.5. The lowest BCUT2D eigenvalue weighted by molar-refractivity contribution is 0.0666. The van der Waals surface area contributed by atoms with Gasteiger partial charge in [0, 0.05) is 26.3 Å². The van der Waals surface area contributed by atoms with E-state index in [-0.39, 0.29) is 6.04 Å². The average Bonchev–Trinajstić information content (AvgIpc) is 3.07. The van der Waals surface area contributed by atoms with Crippen molar-refractivity contribution in [2.45, 2.75) is 70.4 Å². The number of hydrogen-bond donors (Lipinski definition) is 3. The molecule has 0 aromatic carbocycles. The summed E-state index contributed by atoms with van der Waals surface area (Å²) in [7, 11) is 1.78. The first-order chi connectivity index (χ1) is 14.6. The Morgan fingerprint density at radius 3 is 2.90 bits per heavy atom. The zero-order valence-corrected chi connectivity index (χ0v) is 18.3. The fourth-order valence-electron chi connectivity index (χ4n) is 4.13. The maximum Gasteiger partial charge on any atom is 0.210 e. The van der Waals surface area contributed by atoms with Crippen LogP contribution in [0.1, 0.15) is 51.0 Å². The molecule has 1 atom stereocenters. The van der Waals surface area contributed by atoms with E-state index in [1.54, 1.807) is 13.3 Å². The summed E-state index contributed by atoms with van der Waals surface area (Å²) in [6.07, 6.45) is 7.25. The number of allylic oxidation sites excluding steroid dienone is 1. The Balaban J connectivity index is 1.59. The Morgan fingerprint density at radius 1 is 1.37 bits per heavy atom. The third kappa shape index (κ3) is 4.41. The van der Waals surface area contributed by atoms with Crippen molar-refractivity contribution >= 4 is 29.3 Å². The SMILES string of the molecule is CCC(=NC1CCC(OC)CC1)/C1=C(\N)OCCCn2nc(Cl)c3c2NC(N=C3)N1. The van der Waals surface area contributed by atoms with Gasteiger partial charge < -0.3 is 25.8 Å². The Labute approximate surface area is 181 Å². The van der Waals surface area contributed by atoms with Crippen molar-refractivity contribution < 1.29 is 9.47 Å². The van der Waals surface area contributed by atoms with E-state index < -0.39 is 6.29 Å². The minimum Gasteiger partial charge on any atom is -0.478 e. The van der Waals surface area contributed by atoms with Crippen molar-refractivity contribution in [1.82, 2.24) is 15.1 Å². The molecule has 2 aliphatic heterocycles.